The number of hydrogen-bond acceptors (Lipinski definition) is 4. The lowest BCUT2D eigenvalue weighted by molar-refractivity contribution is 0.0628. The maximum atomic E-state index is 13.8. The van der Waals surface area contributed by atoms with E-state index in [1.807, 2.05) is 6.07 Å². The van der Waals surface area contributed by atoms with Gasteiger partial charge in [0, 0.05) is 38.9 Å². The number of ether oxygens (including phenoxy) is 1. The number of carbonyl (C=O) groups is 1. The number of nitrogens with zero attached hydrogens (tertiary/aromatic N) is 3. The Hall–Kier alpha value is -2.18. The first-order valence-electron chi connectivity index (χ1n) is 8.02. The Labute approximate surface area is 151 Å². The number of rotatable bonds is 4. The quantitative estimate of drug-likeness (QED) is 0.784. The standard InChI is InChI=1S/C18H19ClFN3O2/c1-25-16-4-2-13(10-15(16)20)12-22-6-8-23(9-7-22)18(24)14-3-5-17(19)21-11-14/h2-5,10-11H,6-9,12H2,1H3. The Morgan fingerprint density at radius 1 is 1.24 bits per heavy atom. The molecule has 2 heterocycles. The number of methoxy groups -OCH3 is 1. The molecular formula is C18H19ClFN3O2. The van der Waals surface area contributed by atoms with Gasteiger partial charge in [0.25, 0.3) is 5.91 Å². The van der Waals surface area contributed by atoms with Crippen LogP contribution in [-0.4, -0.2) is 54.0 Å². The molecule has 0 aliphatic carbocycles. The van der Waals surface area contributed by atoms with Crippen LogP contribution in [0.4, 0.5) is 4.39 Å². The maximum absolute atomic E-state index is 13.8. The SMILES string of the molecule is COc1ccc(CN2CCN(C(=O)c3ccc(Cl)nc3)CC2)cc1F. The van der Waals surface area contributed by atoms with Gasteiger partial charge < -0.3 is 9.64 Å². The molecule has 1 aromatic carbocycles. The van der Waals surface area contributed by atoms with Gasteiger partial charge in [-0.3, -0.25) is 9.69 Å². The highest BCUT2D eigenvalue weighted by Gasteiger charge is 2.22. The van der Waals surface area contributed by atoms with Crippen LogP contribution in [0.15, 0.2) is 36.5 Å². The van der Waals surface area contributed by atoms with Gasteiger partial charge in [0.2, 0.25) is 0 Å². The molecule has 1 aliphatic rings. The average molecular weight is 364 g/mol. The van der Waals surface area contributed by atoms with Gasteiger partial charge >= 0.3 is 0 Å². The van der Waals surface area contributed by atoms with Crippen LogP contribution in [0.3, 0.4) is 0 Å². The van der Waals surface area contributed by atoms with Gasteiger partial charge in [-0.15, -0.1) is 0 Å². The number of piperazine rings is 1. The van der Waals surface area contributed by atoms with Crippen LogP contribution >= 0.6 is 11.6 Å². The van der Waals surface area contributed by atoms with E-state index in [9.17, 15) is 9.18 Å². The smallest absolute Gasteiger partial charge is 0.255 e. The molecule has 3 rings (SSSR count). The molecule has 0 bridgehead atoms. The van der Waals surface area contributed by atoms with Crippen LogP contribution in [-0.2, 0) is 6.54 Å². The van der Waals surface area contributed by atoms with Gasteiger partial charge in [0.05, 0.1) is 12.7 Å². The van der Waals surface area contributed by atoms with Crippen LogP contribution in [0.5, 0.6) is 5.75 Å². The second-order valence-electron chi connectivity index (χ2n) is 5.91. The zero-order valence-electron chi connectivity index (χ0n) is 13.9. The molecule has 7 heteroatoms. The Bertz CT molecular complexity index is 746. The highest BCUT2D eigenvalue weighted by molar-refractivity contribution is 6.29. The van der Waals surface area contributed by atoms with E-state index in [0.717, 1.165) is 18.7 Å². The van der Waals surface area contributed by atoms with E-state index < -0.39 is 0 Å². The van der Waals surface area contributed by atoms with E-state index in [1.54, 1.807) is 23.1 Å². The number of carbonyl (C=O) groups excluding carboxylic acids is 1. The molecule has 1 fully saturated rings. The van der Waals surface area contributed by atoms with Gasteiger partial charge in [0.1, 0.15) is 5.15 Å². The van der Waals surface area contributed by atoms with Crippen molar-refractivity contribution in [3.05, 3.63) is 58.6 Å². The molecule has 0 radical (unpaired) electrons. The van der Waals surface area contributed by atoms with E-state index in [1.165, 1.54) is 19.4 Å². The predicted octanol–water partition coefficient (Wildman–Crippen LogP) is 2.84. The van der Waals surface area contributed by atoms with Gasteiger partial charge in [-0.1, -0.05) is 17.7 Å². The summed E-state index contributed by atoms with van der Waals surface area (Å²) in [5, 5.41) is 0.369. The molecule has 25 heavy (non-hydrogen) atoms. The van der Waals surface area contributed by atoms with E-state index in [-0.39, 0.29) is 17.5 Å². The number of aromatic nitrogens is 1. The molecule has 0 unspecified atom stereocenters. The van der Waals surface area contributed by atoms with Crippen LogP contribution in [0, 0.1) is 5.82 Å². The van der Waals surface area contributed by atoms with Crippen LogP contribution in [0.25, 0.3) is 0 Å². The summed E-state index contributed by atoms with van der Waals surface area (Å²) >= 11 is 5.75. The minimum atomic E-state index is -0.357. The predicted molar refractivity (Wildman–Crippen MR) is 93.4 cm³/mol. The number of amides is 1. The Morgan fingerprint density at radius 3 is 2.60 bits per heavy atom. The highest BCUT2D eigenvalue weighted by atomic mass is 35.5. The van der Waals surface area contributed by atoms with Crippen molar-refractivity contribution in [1.29, 1.82) is 0 Å². The van der Waals surface area contributed by atoms with E-state index >= 15 is 0 Å². The lowest BCUT2D eigenvalue weighted by Crippen LogP contribution is -2.48. The fourth-order valence-corrected chi connectivity index (χ4v) is 2.97. The summed E-state index contributed by atoms with van der Waals surface area (Å²) in [4.78, 5) is 20.4. The summed E-state index contributed by atoms with van der Waals surface area (Å²) in [7, 11) is 1.45. The Morgan fingerprint density at radius 2 is 2.00 bits per heavy atom. The molecule has 1 saturated heterocycles. The zero-order valence-corrected chi connectivity index (χ0v) is 14.7. The third-order valence-corrected chi connectivity index (χ3v) is 4.48. The minimum Gasteiger partial charge on any atom is -0.494 e. The van der Waals surface area contributed by atoms with E-state index in [4.69, 9.17) is 16.3 Å². The third kappa shape index (κ3) is 4.27. The monoisotopic (exact) mass is 363 g/mol. The highest BCUT2D eigenvalue weighted by Crippen LogP contribution is 2.19. The molecule has 0 saturated carbocycles. The van der Waals surface area contributed by atoms with Gasteiger partial charge in [-0.2, -0.15) is 0 Å². The second-order valence-corrected chi connectivity index (χ2v) is 6.29. The lowest BCUT2D eigenvalue weighted by Gasteiger charge is -2.34. The van der Waals surface area contributed by atoms with Gasteiger partial charge in [-0.25, -0.2) is 9.37 Å². The van der Waals surface area contributed by atoms with E-state index in [2.05, 4.69) is 9.88 Å². The number of benzene rings is 1. The molecule has 0 N–H and O–H groups in total. The minimum absolute atomic E-state index is 0.0423. The second kappa shape index (κ2) is 7.80. The van der Waals surface area contributed by atoms with E-state index in [0.29, 0.717) is 30.4 Å². The van der Waals surface area contributed by atoms with Crippen molar-refractivity contribution in [2.24, 2.45) is 0 Å². The molecule has 0 atom stereocenters. The normalized spacial score (nSPS) is 15.2. The Kier molecular flexibility index (Phi) is 5.50. The molecular weight excluding hydrogens is 345 g/mol. The van der Waals surface area contributed by atoms with Crippen molar-refractivity contribution in [3.8, 4) is 5.75 Å². The molecule has 1 aromatic heterocycles. The molecule has 1 amide bonds. The van der Waals surface area contributed by atoms with Crippen molar-refractivity contribution in [1.82, 2.24) is 14.8 Å². The summed E-state index contributed by atoms with van der Waals surface area (Å²) < 4.78 is 18.7. The summed E-state index contributed by atoms with van der Waals surface area (Å²) in [6.07, 6.45) is 1.50. The molecule has 5 nitrogen and oxygen atoms in total. The molecule has 1 aliphatic heterocycles. The van der Waals surface area contributed by atoms with Crippen molar-refractivity contribution in [3.63, 3.8) is 0 Å². The fraction of sp³-hybridized carbons (Fsp3) is 0.333. The summed E-state index contributed by atoms with van der Waals surface area (Å²) in [5.41, 5.74) is 1.43. The average Bonchev–Trinajstić information content (AvgIpc) is 2.63. The van der Waals surface area contributed by atoms with Crippen LogP contribution < -0.4 is 4.74 Å². The molecule has 132 valence electrons. The van der Waals surface area contributed by atoms with Crippen molar-refractivity contribution in [2.75, 3.05) is 33.3 Å². The summed E-state index contributed by atoms with van der Waals surface area (Å²) in [6, 6.07) is 8.29. The van der Waals surface area contributed by atoms with Crippen molar-refractivity contribution < 1.29 is 13.9 Å². The largest absolute Gasteiger partial charge is 0.494 e. The number of halogens is 2. The molecule has 2 aromatic rings. The first-order chi connectivity index (χ1) is 12.1. The first-order valence-corrected chi connectivity index (χ1v) is 8.40. The van der Waals surface area contributed by atoms with Gasteiger partial charge in [0.15, 0.2) is 11.6 Å². The molecule has 0 spiro atoms. The summed E-state index contributed by atoms with van der Waals surface area (Å²) in [5.74, 6) is -0.154. The van der Waals surface area contributed by atoms with Crippen LogP contribution in [0.2, 0.25) is 5.15 Å². The number of pyridine rings is 1. The maximum Gasteiger partial charge on any atom is 0.255 e. The zero-order chi connectivity index (χ0) is 17.8. The third-order valence-electron chi connectivity index (χ3n) is 4.26. The van der Waals surface area contributed by atoms with Gasteiger partial charge in [-0.05, 0) is 29.8 Å². The lowest BCUT2D eigenvalue weighted by atomic mass is 10.1. The van der Waals surface area contributed by atoms with Crippen LogP contribution in [0.1, 0.15) is 15.9 Å². The summed E-state index contributed by atoms with van der Waals surface area (Å²) in [6.45, 7) is 3.37. The fourth-order valence-electron chi connectivity index (χ4n) is 2.86. The topological polar surface area (TPSA) is 45.7 Å². The van der Waals surface area contributed by atoms with Crippen molar-refractivity contribution >= 4 is 17.5 Å². The van der Waals surface area contributed by atoms with Crippen molar-refractivity contribution in [2.45, 2.75) is 6.54 Å². The first kappa shape index (κ1) is 17.6. The Balaban J connectivity index is 1.55. The number of hydrogen-bond donors (Lipinski definition) is 0.